The summed E-state index contributed by atoms with van der Waals surface area (Å²) >= 11 is 1.58. The van der Waals surface area contributed by atoms with Crippen LogP contribution in [0.5, 0.6) is 0 Å². The SMILES string of the molecule is Cc1ncsc1-c1ccc(CNC(=O)[C@H]2CCCN2C(=O)[C@H](NC(=O)COCCOCCOCCOCCNC(=O)c2ccc3c(c2)c2cn(C)nc2n3-c2ccc(C(F)(F)F)cc2)C(C)(C)C)cc1. The second kappa shape index (κ2) is 23.2. The van der Waals surface area contributed by atoms with Crippen molar-refractivity contribution in [3.05, 3.63) is 101 Å². The maximum Gasteiger partial charge on any atom is 0.416 e. The average Bonchev–Trinajstić information content (AvgIpc) is 4.14. The summed E-state index contributed by atoms with van der Waals surface area (Å²) in [4.78, 5) is 60.2. The summed E-state index contributed by atoms with van der Waals surface area (Å²) in [6.07, 6.45) is -1.43. The van der Waals surface area contributed by atoms with Crippen LogP contribution in [-0.4, -0.2) is 126 Å². The number of likely N-dealkylation sites (tertiary alicyclic amines) is 1. The van der Waals surface area contributed by atoms with Crippen molar-refractivity contribution in [2.24, 2.45) is 12.5 Å². The number of carbonyl (C=O) groups excluding carboxylic acids is 4. The van der Waals surface area contributed by atoms with E-state index in [1.54, 1.807) is 56.9 Å². The molecule has 0 aliphatic carbocycles. The minimum atomic E-state index is -4.45. The highest BCUT2D eigenvalue weighted by Crippen LogP contribution is 2.35. The van der Waals surface area contributed by atoms with Gasteiger partial charge in [0.1, 0.15) is 18.7 Å². The number of ether oxygens (including phenoxy) is 4. The fraction of sp³-hybridized carbons (Fsp3) is 0.440. The van der Waals surface area contributed by atoms with Crippen LogP contribution >= 0.6 is 11.3 Å². The highest BCUT2D eigenvalue weighted by molar-refractivity contribution is 7.13. The normalized spacial score (nSPS) is 14.6. The predicted octanol–water partition coefficient (Wildman–Crippen LogP) is 6.60. The number of alkyl halides is 3. The molecule has 2 atom stereocenters. The van der Waals surface area contributed by atoms with Crippen molar-refractivity contribution >= 4 is 56.9 Å². The Hall–Kier alpha value is -6.19. The lowest BCUT2D eigenvalue weighted by Gasteiger charge is -2.35. The monoisotopic (exact) mass is 988 g/mol. The number of fused-ring (bicyclic) bond motifs is 3. The second-order valence-corrected chi connectivity index (χ2v) is 18.9. The maximum absolute atomic E-state index is 13.9. The van der Waals surface area contributed by atoms with Crippen LogP contribution < -0.4 is 16.0 Å². The number of amides is 4. The second-order valence-electron chi connectivity index (χ2n) is 18.0. The topological polar surface area (TPSA) is 180 Å². The van der Waals surface area contributed by atoms with Crippen molar-refractivity contribution in [1.82, 2.24) is 40.2 Å². The summed E-state index contributed by atoms with van der Waals surface area (Å²) in [7, 11) is 1.75. The van der Waals surface area contributed by atoms with Gasteiger partial charge in [-0.05, 0) is 78.8 Å². The first-order valence-corrected chi connectivity index (χ1v) is 24.0. The Morgan fingerprint density at radius 3 is 2.16 bits per heavy atom. The molecule has 20 heteroatoms. The third-order valence-electron chi connectivity index (χ3n) is 11.8. The fourth-order valence-electron chi connectivity index (χ4n) is 8.24. The first kappa shape index (κ1) is 51.7. The number of thiazole rings is 1. The number of aromatic nitrogens is 4. The number of halogens is 3. The van der Waals surface area contributed by atoms with Crippen LogP contribution in [0.25, 0.3) is 38.1 Å². The summed E-state index contributed by atoms with van der Waals surface area (Å²) < 4.78 is 65.2. The average molecular weight is 989 g/mol. The largest absolute Gasteiger partial charge is 0.416 e. The van der Waals surface area contributed by atoms with Gasteiger partial charge >= 0.3 is 6.18 Å². The molecule has 0 saturated carbocycles. The highest BCUT2D eigenvalue weighted by atomic mass is 32.1. The Bertz CT molecular complexity index is 2750. The molecule has 0 spiro atoms. The first-order chi connectivity index (χ1) is 33.5. The summed E-state index contributed by atoms with van der Waals surface area (Å²) in [5.41, 5.74) is 5.61. The van der Waals surface area contributed by atoms with E-state index in [0.717, 1.165) is 44.6 Å². The number of nitrogens with one attached hydrogen (secondary N) is 3. The van der Waals surface area contributed by atoms with E-state index in [9.17, 15) is 32.3 Å². The van der Waals surface area contributed by atoms with Crippen LogP contribution in [0, 0.1) is 12.3 Å². The molecule has 0 bridgehead atoms. The van der Waals surface area contributed by atoms with Crippen molar-refractivity contribution in [1.29, 1.82) is 0 Å². The maximum atomic E-state index is 13.9. The molecule has 1 fully saturated rings. The molecule has 374 valence electrons. The van der Waals surface area contributed by atoms with E-state index in [-0.39, 0.29) is 50.7 Å². The van der Waals surface area contributed by atoms with Gasteiger partial charge in [0.05, 0.1) is 73.4 Å². The van der Waals surface area contributed by atoms with Crippen LogP contribution in [0.15, 0.2) is 78.4 Å². The third kappa shape index (κ3) is 13.0. The van der Waals surface area contributed by atoms with Crippen LogP contribution in [0.4, 0.5) is 13.2 Å². The van der Waals surface area contributed by atoms with E-state index in [1.807, 2.05) is 57.5 Å². The standard InChI is InChI=1S/C50H59F3N8O8S/c1-32-43(70-31-56-32)34-10-8-33(9-11-34)28-55-47(64)41-7-6-19-60(41)48(65)44(49(2,3)4)57-42(62)30-69-26-25-68-24-23-67-22-21-66-20-18-54-46(63)35-12-17-40-38(27-35)39-29-59(5)58-45(39)61(40)37-15-13-36(14-16-37)50(51,52)53/h8-17,27,29,31,41,44H,6-7,18-26,28,30H2,1-5H3,(H,54,63)(H,55,64)(H,57,62)/t41-,44+/m1/s1. The lowest BCUT2D eigenvalue weighted by molar-refractivity contribution is -0.144. The quantitative estimate of drug-likeness (QED) is 0.0628. The number of hydrogen-bond donors (Lipinski definition) is 3. The number of benzene rings is 3. The zero-order valence-electron chi connectivity index (χ0n) is 39.9. The van der Waals surface area contributed by atoms with Gasteiger partial charge in [0, 0.05) is 54.9 Å². The van der Waals surface area contributed by atoms with E-state index in [0.29, 0.717) is 74.8 Å². The van der Waals surface area contributed by atoms with Gasteiger partial charge in [-0.3, -0.25) is 28.4 Å². The highest BCUT2D eigenvalue weighted by Gasteiger charge is 2.42. The van der Waals surface area contributed by atoms with Gasteiger partial charge in [0.25, 0.3) is 5.91 Å². The predicted molar refractivity (Wildman–Crippen MR) is 258 cm³/mol. The van der Waals surface area contributed by atoms with Crippen LogP contribution in [0.2, 0.25) is 0 Å². The number of aryl methyl sites for hydroxylation is 2. The number of hydrogen-bond acceptors (Lipinski definition) is 11. The molecule has 1 aliphatic heterocycles. The van der Waals surface area contributed by atoms with Gasteiger partial charge in [0.15, 0.2) is 5.65 Å². The van der Waals surface area contributed by atoms with Crippen LogP contribution in [-0.2, 0) is 53.1 Å². The van der Waals surface area contributed by atoms with Gasteiger partial charge in [-0.25, -0.2) is 4.98 Å². The molecule has 0 unspecified atom stereocenters. The molecule has 3 aromatic carbocycles. The molecule has 0 radical (unpaired) electrons. The lowest BCUT2D eigenvalue weighted by Crippen LogP contribution is -2.58. The fourth-order valence-corrected chi connectivity index (χ4v) is 9.05. The molecule has 6 aromatic rings. The van der Waals surface area contributed by atoms with Crippen molar-refractivity contribution in [3.63, 3.8) is 0 Å². The number of carbonyl (C=O) groups is 4. The zero-order valence-corrected chi connectivity index (χ0v) is 40.7. The lowest BCUT2D eigenvalue weighted by atomic mass is 9.85. The number of nitrogens with zero attached hydrogens (tertiary/aromatic N) is 5. The Balaban J connectivity index is 0.740. The molecule has 4 heterocycles. The van der Waals surface area contributed by atoms with Crippen molar-refractivity contribution in [3.8, 4) is 16.1 Å². The van der Waals surface area contributed by atoms with Gasteiger partial charge < -0.3 is 39.8 Å². The van der Waals surface area contributed by atoms with Crippen LogP contribution in [0.3, 0.4) is 0 Å². The first-order valence-electron chi connectivity index (χ1n) is 23.1. The molecule has 16 nitrogen and oxygen atoms in total. The summed E-state index contributed by atoms with van der Waals surface area (Å²) in [5.74, 6) is -1.29. The molecule has 7 rings (SSSR count). The molecule has 4 amide bonds. The van der Waals surface area contributed by atoms with E-state index < -0.39 is 35.1 Å². The minimum absolute atomic E-state index is 0.148. The van der Waals surface area contributed by atoms with E-state index in [2.05, 4.69) is 26.0 Å². The molecule has 3 aromatic heterocycles. The molecule has 70 heavy (non-hydrogen) atoms. The molecule has 1 aliphatic rings. The Morgan fingerprint density at radius 1 is 0.843 bits per heavy atom. The molecule has 1 saturated heterocycles. The minimum Gasteiger partial charge on any atom is -0.377 e. The Labute approximate surface area is 407 Å². The van der Waals surface area contributed by atoms with E-state index >= 15 is 0 Å². The molecular formula is C50H59F3N8O8S. The zero-order chi connectivity index (χ0) is 50.0. The van der Waals surface area contributed by atoms with Gasteiger partial charge in [-0.15, -0.1) is 11.3 Å². The third-order valence-corrected chi connectivity index (χ3v) is 12.8. The number of rotatable bonds is 22. The summed E-state index contributed by atoms with van der Waals surface area (Å²) in [5, 5.41) is 14.7. The Kier molecular flexibility index (Phi) is 17.1. The Morgan fingerprint density at radius 2 is 1.51 bits per heavy atom. The summed E-state index contributed by atoms with van der Waals surface area (Å²) in [6, 6.07) is 16.5. The van der Waals surface area contributed by atoms with Crippen molar-refractivity contribution in [2.45, 2.75) is 65.3 Å². The smallest absolute Gasteiger partial charge is 0.377 e. The molecule has 3 N–H and O–H groups in total. The van der Waals surface area contributed by atoms with Crippen molar-refractivity contribution in [2.75, 3.05) is 65.9 Å². The van der Waals surface area contributed by atoms with Gasteiger partial charge in [-0.2, -0.15) is 18.3 Å². The molecular weight excluding hydrogens is 930 g/mol. The summed E-state index contributed by atoms with van der Waals surface area (Å²) in [6.45, 7) is 10.1. The van der Waals surface area contributed by atoms with Crippen LogP contribution in [0.1, 0.15) is 60.8 Å². The van der Waals surface area contributed by atoms with Gasteiger partial charge in [0.2, 0.25) is 17.7 Å². The van der Waals surface area contributed by atoms with E-state index in [4.69, 9.17) is 18.9 Å². The van der Waals surface area contributed by atoms with Crippen molar-refractivity contribution < 1.29 is 51.3 Å². The van der Waals surface area contributed by atoms with Gasteiger partial charge in [-0.1, -0.05) is 45.0 Å². The van der Waals surface area contributed by atoms with E-state index in [1.165, 1.54) is 12.1 Å².